The molecule has 2 aliphatic carbocycles. The Kier molecular flexibility index (Phi) is 3.23. The van der Waals surface area contributed by atoms with Gasteiger partial charge in [0.05, 0.1) is 11.3 Å². The molecule has 0 radical (unpaired) electrons. The Hall–Kier alpha value is -1.57. The predicted molar refractivity (Wildman–Crippen MR) is 72.6 cm³/mol. The molecule has 1 heterocycles. The first-order chi connectivity index (χ1) is 9.89. The zero-order chi connectivity index (χ0) is 15.4. The zero-order valence-electron chi connectivity index (χ0n) is 12.7. The Balaban J connectivity index is 1.74. The highest BCUT2D eigenvalue weighted by Crippen LogP contribution is 2.58. The van der Waals surface area contributed by atoms with E-state index in [1.807, 2.05) is 20.8 Å². The fraction of sp³-hybridized carbons (Fsp3) is 0.812. The minimum absolute atomic E-state index is 0.0905. The third kappa shape index (κ3) is 2.04. The lowest BCUT2D eigenvalue weighted by Crippen LogP contribution is -2.39. The second-order valence-corrected chi connectivity index (χ2v) is 7.17. The van der Waals surface area contributed by atoms with Gasteiger partial charge < -0.3 is 9.47 Å². The standard InChI is InChI=1S/C16H21NO4/c1-4-16(2,3)15(19)21-10-6-8-5-9(10)13-11(7-17)20-14(18)12(8)13/h8-13H,4-6H2,1-3H3. The van der Waals surface area contributed by atoms with Gasteiger partial charge in [-0.3, -0.25) is 9.59 Å². The van der Waals surface area contributed by atoms with Crippen LogP contribution in [0.25, 0.3) is 0 Å². The number of hydrogen-bond acceptors (Lipinski definition) is 5. The van der Waals surface area contributed by atoms with Crippen molar-refractivity contribution in [2.45, 2.75) is 52.2 Å². The first-order valence-corrected chi connectivity index (χ1v) is 7.70. The van der Waals surface area contributed by atoms with Gasteiger partial charge in [0.1, 0.15) is 12.2 Å². The smallest absolute Gasteiger partial charge is 0.311 e. The fourth-order valence-electron chi connectivity index (χ4n) is 4.08. The van der Waals surface area contributed by atoms with E-state index in [4.69, 9.17) is 14.7 Å². The summed E-state index contributed by atoms with van der Waals surface area (Å²) in [6, 6.07) is 2.08. The molecule has 0 N–H and O–H groups in total. The average Bonchev–Trinajstić information content (AvgIpc) is 3.10. The van der Waals surface area contributed by atoms with Crippen LogP contribution in [0, 0.1) is 40.4 Å². The summed E-state index contributed by atoms with van der Waals surface area (Å²) in [7, 11) is 0. The lowest BCUT2D eigenvalue weighted by atomic mass is 9.77. The van der Waals surface area contributed by atoms with Crippen LogP contribution < -0.4 is 0 Å². The van der Waals surface area contributed by atoms with Gasteiger partial charge in [-0.25, -0.2) is 0 Å². The largest absolute Gasteiger partial charge is 0.462 e. The van der Waals surface area contributed by atoms with E-state index in [1.165, 1.54) is 0 Å². The molecule has 3 fully saturated rings. The molecule has 0 amide bonds. The quantitative estimate of drug-likeness (QED) is 0.744. The molecule has 0 aromatic heterocycles. The number of fused-ring (bicyclic) bond motifs is 5. The van der Waals surface area contributed by atoms with Crippen LogP contribution in [0.2, 0.25) is 0 Å². The molecule has 2 saturated carbocycles. The van der Waals surface area contributed by atoms with E-state index < -0.39 is 11.5 Å². The van der Waals surface area contributed by atoms with Crippen molar-refractivity contribution in [3.05, 3.63) is 0 Å². The van der Waals surface area contributed by atoms with Crippen LogP contribution in [0.1, 0.15) is 40.0 Å². The zero-order valence-corrected chi connectivity index (χ0v) is 12.7. The third-order valence-corrected chi connectivity index (χ3v) is 5.69. The molecule has 3 rings (SSSR count). The maximum absolute atomic E-state index is 12.3. The van der Waals surface area contributed by atoms with Gasteiger partial charge in [-0.05, 0) is 39.0 Å². The minimum atomic E-state index is -0.668. The van der Waals surface area contributed by atoms with Gasteiger partial charge in [0.2, 0.25) is 0 Å². The number of carbonyl (C=O) groups is 2. The van der Waals surface area contributed by atoms with E-state index >= 15 is 0 Å². The molecule has 1 aliphatic heterocycles. The Bertz CT molecular complexity index is 521. The van der Waals surface area contributed by atoms with Crippen molar-refractivity contribution >= 4 is 11.9 Å². The van der Waals surface area contributed by atoms with Gasteiger partial charge in [-0.1, -0.05) is 6.92 Å². The van der Waals surface area contributed by atoms with E-state index in [0.717, 1.165) is 19.3 Å². The highest BCUT2D eigenvalue weighted by Gasteiger charge is 2.64. The van der Waals surface area contributed by atoms with Crippen LogP contribution >= 0.6 is 0 Å². The van der Waals surface area contributed by atoms with Gasteiger partial charge in [0, 0.05) is 11.8 Å². The normalized spacial score (nSPS) is 40.6. The maximum Gasteiger partial charge on any atom is 0.311 e. The van der Waals surface area contributed by atoms with Crippen molar-refractivity contribution in [2.24, 2.45) is 29.1 Å². The molecule has 5 heteroatoms. The van der Waals surface area contributed by atoms with Gasteiger partial charge in [0.15, 0.2) is 6.10 Å². The van der Waals surface area contributed by atoms with Crippen LogP contribution in [0.3, 0.4) is 0 Å². The molecule has 6 atom stereocenters. The SMILES string of the molecule is CCC(C)(C)C(=O)OC1CC2CC1C1C(C#N)OC(=O)C21. The lowest BCUT2D eigenvalue weighted by molar-refractivity contribution is -0.164. The number of ether oxygens (including phenoxy) is 2. The van der Waals surface area contributed by atoms with Crippen molar-refractivity contribution in [3.8, 4) is 6.07 Å². The van der Waals surface area contributed by atoms with Crippen LogP contribution in [-0.2, 0) is 19.1 Å². The van der Waals surface area contributed by atoms with E-state index in [0.29, 0.717) is 0 Å². The summed E-state index contributed by atoms with van der Waals surface area (Å²) >= 11 is 0. The van der Waals surface area contributed by atoms with Crippen LogP contribution in [0.5, 0.6) is 0 Å². The van der Waals surface area contributed by atoms with E-state index in [-0.39, 0.29) is 41.7 Å². The Morgan fingerprint density at radius 3 is 2.81 bits per heavy atom. The lowest BCUT2D eigenvalue weighted by Gasteiger charge is -2.32. The van der Waals surface area contributed by atoms with Crippen molar-refractivity contribution in [1.29, 1.82) is 5.26 Å². The summed E-state index contributed by atoms with van der Waals surface area (Å²) in [5.41, 5.74) is -0.488. The monoisotopic (exact) mass is 291 g/mol. The van der Waals surface area contributed by atoms with E-state index in [1.54, 1.807) is 0 Å². The average molecular weight is 291 g/mol. The first-order valence-electron chi connectivity index (χ1n) is 7.70. The second-order valence-electron chi connectivity index (χ2n) is 7.17. The van der Waals surface area contributed by atoms with E-state index in [9.17, 15) is 9.59 Å². The van der Waals surface area contributed by atoms with Crippen molar-refractivity contribution in [1.82, 2.24) is 0 Å². The first kappa shape index (κ1) is 14.4. The predicted octanol–water partition coefficient (Wildman–Crippen LogP) is 2.06. The van der Waals surface area contributed by atoms with Gasteiger partial charge >= 0.3 is 11.9 Å². The third-order valence-electron chi connectivity index (χ3n) is 5.69. The minimum Gasteiger partial charge on any atom is -0.462 e. The van der Waals surface area contributed by atoms with Crippen LogP contribution in [0.15, 0.2) is 0 Å². The molecule has 6 unspecified atom stereocenters. The summed E-state index contributed by atoms with van der Waals surface area (Å²) in [6.07, 6.45) is 1.48. The molecule has 3 aliphatic rings. The summed E-state index contributed by atoms with van der Waals surface area (Å²) in [4.78, 5) is 24.1. The molecular formula is C16H21NO4. The summed E-state index contributed by atoms with van der Waals surface area (Å²) in [5.74, 6) is -0.380. The number of cyclic esters (lactones) is 1. The highest BCUT2D eigenvalue weighted by molar-refractivity contribution is 5.78. The fourth-order valence-corrected chi connectivity index (χ4v) is 4.08. The molecular weight excluding hydrogens is 270 g/mol. The van der Waals surface area contributed by atoms with Gasteiger partial charge in [0.25, 0.3) is 0 Å². The number of rotatable bonds is 3. The molecule has 5 nitrogen and oxygen atoms in total. The van der Waals surface area contributed by atoms with E-state index in [2.05, 4.69) is 6.07 Å². The Morgan fingerprint density at radius 1 is 1.48 bits per heavy atom. The van der Waals surface area contributed by atoms with Gasteiger partial charge in [-0.15, -0.1) is 0 Å². The molecule has 0 aromatic rings. The number of nitriles is 1. The van der Waals surface area contributed by atoms with Crippen molar-refractivity contribution in [3.63, 3.8) is 0 Å². The number of carbonyl (C=O) groups excluding carboxylic acids is 2. The Labute approximate surface area is 124 Å². The molecule has 0 spiro atoms. The molecule has 0 aromatic carbocycles. The number of nitrogens with zero attached hydrogens (tertiary/aromatic N) is 1. The van der Waals surface area contributed by atoms with Gasteiger partial charge in [-0.2, -0.15) is 5.26 Å². The van der Waals surface area contributed by atoms with Crippen molar-refractivity contribution < 1.29 is 19.1 Å². The molecule has 2 bridgehead atoms. The van der Waals surface area contributed by atoms with Crippen LogP contribution in [-0.4, -0.2) is 24.1 Å². The maximum atomic E-state index is 12.3. The highest BCUT2D eigenvalue weighted by atomic mass is 16.6. The summed E-state index contributed by atoms with van der Waals surface area (Å²) in [5, 5.41) is 9.16. The van der Waals surface area contributed by atoms with Crippen molar-refractivity contribution in [2.75, 3.05) is 0 Å². The molecule has 1 saturated heterocycles. The van der Waals surface area contributed by atoms with Crippen LogP contribution in [0.4, 0.5) is 0 Å². The second kappa shape index (κ2) is 4.72. The topological polar surface area (TPSA) is 76.4 Å². The summed E-state index contributed by atoms with van der Waals surface area (Å²) < 4.78 is 10.9. The molecule has 21 heavy (non-hydrogen) atoms. The Morgan fingerprint density at radius 2 is 2.19 bits per heavy atom. The number of hydrogen-bond donors (Lipinski definition) is 0. The number of esters is 2. The molecule has 114 valence electrons. The summed E-state index contributed by atoms with van der Waals surface area (Å²) in [6.45, 7) is 5.73.